The number of ether oxygens (including phenoxy) is 1. The quantitative estimate of drug-likeness (QED) is 0.607. The van der Waals surface area contributed by atoms with Crippen LogP contribution in [-0.2, 0) is 4.79 Å². The van der Waals surface area contributed by atoms with Gasteiger partial charge in [0.2, 0.25) is 11.1 Å². The van der Waals surface area contributed by atoms with Crippen LogP contribution >= 0.6 is 11.8 Å². The molecule has 148 valence electrons. The largest absolute Gasteiger partial charge is 0.497 e. The van der Waals surface area contributed by atoms with E-state index >= 15 is 0 Å². The number of nitrogens with two attached hydrogens (primary N) is 1. The topological polar surface area (TPSA) is 109 Å². The van der Waals surface area contributed by atoms with Gasteiger partial charge in [-0.25, -0.2) is 10.1 Å². The van der Waals surface area contributed by atoms with Gasteiger partial charge < -0.3 is 10.5 Å². The molecule has 0 fully saturated rings. The van der Waals surface area contributed by atoms with Gasteiger partial charge in [-0.05, 0) is 23.3 Å². The lowest BCUT2D eigenvalue weighted by molar-refractivity contribution is -0.130. The summed E-state index contributed by atoms with van der Waals surface area (Å²) in [5, 5.41) is 13.2. The first-order valence-electron chi connectivity index (χ1n) is 9.03. The van der Waals surface area contributed by atoms with Crippen LogP contribution in [0.2, 0.25) is 0 Å². The van der Waals surface area contributed by atoms with Crippen molar-refractivity contribution in [1.29, 1.82) is 0 Å². The highest BCUT2D eigenvalue weighted by Gasteiger charge is 2.33. The molecule has 9 heteroatoms. The lowest BCUT2D eigenvalue weighted by Gasteiger charge is -2.22. The summed E-state index contributed by atoms with van der Waals surface area (Å²) in [6.45, 7) is 0. The second kappa shape index (κ2) is 8.36. The maximum absolute atomic E-state index is 13.0. The van der Waals surface area contributed by atoms with Crippen molar-refractivity contribution >= 4 is 29.3 Å². The van der Waals surface area contributed by atoms with E-state index in [0.29, 0.717) is 11.6 Å². The maximum Gasteiger partial charge on any atom is 0.253 e. The lowest BCUT2D eigenvalue weighted by Crippen LogP contribution is -2.28. The minimum Gasteiger partial charge on any atom is -0.497 e. The van der Waals surface area contributed by atoms with Crippen LogP contribution in [0.25, 0.3) is 0 Å². The highest BCUT2D eigenvalue weighted by molar-refractivity contribution is 7.99. The van der Waals surface area contributed by atoms with Crippen molar-refractivity contribution in [3.8, 4) is 5.75 Å². The fraction of sp³-hybridized carbons (Fsp3) is 0.200. The number of amides is 1. The van der Waals surface area contributed by atoms with Gasteiger partial charge in [-0.2, -0.15) is 10.1 Å². The number of nitrogens with zero attached hydrogens (tertiary/aromatic N) is 4. The molecule has 1 aromatic heterocycles. The molecule has 0 unspecified atom stereocenters. The van der Waals surface area contributed by atoms with Crippen molar-refractivity contribution in [2.24, 2.45) is 5.10 Å². The highest BCUT2D eigenvalue weighted by Crippen LogP contribution is 2.34. The summed E-state index contributed by atoms with van der Waals surface area (Å²) in [6, 6.07) is 17.4. The average Bonchev–Trinajstić information content (AvgIpc) is 3.39. The van der Waals surface area contributed by atoms with Crippen LogP contribution in [0.1, 0.15) is 23.6 Å². The number of carbonyl (C=O) groups excluding carboxylic acids is 1. The smallest absolute Gasteiger partial charge is 0.253 e. The van der Waals surface area contributed by atoms with Crippen molar-refractivity contribution in [2.75, 3.05) is 18.6 Å². The van der Waals surface area contributed by atoms with E-state index < -0.39 is 0 Å². The molecule has 2 aromatic carbocycles. The Morgan fingerprint density at radius 1 is 1.24 bits per heavy atom. The molecule has 0 aliphatic carbocycles. The second-order valence-electron chi connectivity index (χ2n) is 6.44. The Hall–Kier alpha value is -3.33. The highest BCUT2D eigenvalue weighted by atomic mass is 32.2. The van der Waals surface area contributed by atoms with Crippen LogP contribution < -0.4 is 10.5 Å². The minimum atomic E-state index is -0.179. The summed E-state index contributed by atoms with van der Waals surface area (Å²) in [5.41, 5.74) is 8.43. The summed E-state index contributed by atoms with van der Waals surface area (Å²) >= 11 is 1.22. The molecule has 0 spiro atoms. The zero-order valence-corrected chi connectivity index (χ0v) is 16.6. The molecule has 0 saturated heterocycles. The van der Waals surface area contributed by atoms with Gasteiger partial charge in [-0.3, -0.25) is 4.79 Å². The van der Waals surface area contributed by atoms with Gasteiger partial charge in [0.25, 0.3) is 5.91 Å². The fourth-order valence-electron chi connectivity index (χ4n) is 3.15. The Morgan fingerprint density at radius 3 is 2.66 bits per heavy atom. The molecule has 1 aliphatic heterocycles. The number of nitrogen functional groups attached to an aromatic ring is 1. The van der Waals surface area contributed by atoms with Crippen molar-refractivity contribution in [1.82, 2.24) is 20.2 Å². The molecule has 8 nitrogen and oxygen atoms in total. The third-order valence-corrected chi connectivity index (χ3v) is 5.41. The van der Waals surface area contributed by atoms with E-state index in [1.165, 1.54) is 11.8 Å². The predicted molar refractivity (Wildman–Crippen MR) is 112 cm³/mol. The number of aromatic amines is 1. The minimum absolute atomic E-state index is 0.120. The Balaban J connectivity index is 1.57. The molecule has 0 bridgehead atoms. The number of nitrogens with one attached hydrogen (secondary N) is 1. The van der Waals surface area contributed by atoms with Crippen LogP contribution in [0, 0.1) is 0 Å². The first-order valence-corrected chi connectivity index (χ1v) is 10.0. The van der Waals surface area contributed by atoms with Gasteiger partial charge in [0.05, 0.1) is 24.6 Å². The molecule has 1 aliphatic rings. The first-order chi connectivity index (χ1) is 14.1. The van der Waals surface area contributed by atoms with Crippen molar-refractivity contribution in [3.05, 3.63) is 65.7 Å². The van der Waals surface area contributed by atoms with Crippen LogP contribution in [0.5, 0.6) is 5.75 Å². The van der Waals surface area contributed by atoms with Crippen molar-refractivity contribution in [3.63, 3.8) is 0 Å². The summed E-state index contributed by atoms with van der Waals surface area (Å²) in [5.74, 6) is 1.04. The molecule has 0 radical (unpaired) electrons. The zero-order valence-electron chi connectivity index (χ0n) is 15.8. The molecule has 3 N–H and O–H groups in total. The number of anilines is 1. The van der Waals surface area contributed by atoms with Crippen LogP contribution in [0.3, 0.4) is 0 Å². The normalized spacial score (nSPS) is 16.0. The third-order valence-electron chi connectivity index (χ3n) is 4.58. The average molecular weight is 408 g/mol. The van der Waals surface area contributed by atoms with E-state index in [0.717, 1.165) is 22.6 Å². The summed E-state index contributed by atoms with van der Waals surface area (Å²) in [7, 11) is 1.63. The number of methoxy groups -OCH3 is 1. The standard InChI is InChI=1S/C20H20N6O2S/c1-28-15-9-7-14(8-10-15)17-11-16(13-5-3-2-4-6-13)25-26(17)18(27)12-29-20-22-19(21)23-24-20/h2-10,17H,11-12H2,1H3,(H3,21,22,23,24)/t17-/m0/s1. The number of hydrogen-bond acceptors (Lipinski definition) is 7. The number of benzene rings is 2. The second-order valence-corrected chi connectivity index (χ2v) is 7.38. The number of aromatic nitrogens is 3. The molecule has 0 saturated carbocycles. The predicted octanol–water partition coefficient (Wildman–Crippen LogP) is 2.87. The van der Waals surface area contributed by atoms with Crippen LogP contribution in [0.4, 0.5) is 5.95 Å². The van der Waals surface area contributed by atoms with Crippen molar-refractivity contribution < 1.29 is 9.53 Å². The van der Waals surface area contributed by atoms with E-state index in [-0.39, 0.29) is 23.7 Å². The van der Waals surface area contributed by atoms with Gasteiger partial charge in [0.15, 0.2) is 0 Å². The van der Waals surface area contributed by atoms with E-state index in [1.54, 1.807) is 12.1 Å². The van der Waals surface area contributed by atoms with E-state index in [9.17, 15) is 4.79 Å². The van der Waals surface area contributed by atoms with Gasteiger partial charge in [0, 0.05) is 6.42 Å². The molecule has 3 aromatic rings. The zero-order chi connectivity index (χ0) is 20.2. The SMILES string of the molecule is COc1ccc([C@@H]2CC(c3ccccc3)=NN2C(=O)CSc2n[nH]c(N)n2)cc1. The number of thioether (sulfide) groups is 1. The molecule has 4 rings (SSSR count). The molecule has 29 heavy (non-hydrogen) atoms. The molecular formula is C20H20N6O2S. The number of H-pyrrole nitrogens is 1. The Morgan fingerprint density at radius 2 is 2.00 bits per heavy atom. The van der Waals surface area contributed by atoms with Gasteiger partial charge in [-0.15, -0.1) is 5.10 Å². The first kappa shape index (κ1) is 19.0. The third kappa shape index (κ3) is 4.24. The number of hydrazone groups is 1. The Kier molecular flexibility index (Phi) is 5.48. The van der Waals surface area contributed by atoms with Gasteiger partial charge in [-0.1, -0.05) is 54.2 Å². The van der Waals surface area contributed by atoms with E-state index in [4.69, 9.17) is 10.5 Å². The van der Waals surface area contributed by atoms with E-state index in [2.05, 4.69) is 20.3 Å². The Bertz CT molecular complexity index is 1020. The summed E-state index contributed by atoms with van der Waals surface area (Å²) in [4.78, 5) is 17.0. The summed E-state index contributed by atoms with van der Waals surface area (Å²) < 4.78 is 5.25. The molecule has 2 heterocycles. The lowest BCUT2D eigenvalue weighted by atomic mass is 9.98. The number of carbonyl (C=O) groups is 1. The molecule has 1 amide bonds. The summed E-state index contributed by atoms with van der Waals surface area (Å²) in [6.07, 6.45) is 0.639. The van der Waals surface area contributed by atoms with E-state index in [1.807, 2.05) is 54.6 Å². The molecule has 1 atom stereocenters. The number of hydrogen-bond donors (Lipinski definition) is 2. The monoisotopic (exact) mass is 408 g/mol. The van der Waals surface area contributed by atoms with Gasteiger partial charge >= 0.3 is 0 Å². The molecular weight excluding hydrogens is 388 g/mol. The van der Waals surface area contributed by atoms with Crippen molar-refractivity contribution in [2.45, 2.75) is 17.6 Å². The Labute approximate surface area is 172 Å². The number of rotatable bonds is 6. The van der Waals surface area contributed by atoms with Gasteiger partial charge in [0.1, 0.15) is 5.75 Å². The maximum atomic E-state index is 13.0. The fourth-order valence-corrected chi connectivity index (χ4v) is 3.80. The van der Waals surface area contributed by atoms with Crippen LogP contribution in [-0.4, -0.2) is 44.7 Å². The van der Waals surface area contributed by atoms with Crippen LogP contribution in [0.15, 0.2) is 64.9 Å².